The molecule has 2 aliphatic carbocycles. The van der Waals surface area contributed by atoms with Crippen LogP contribution in [-0.2, 0) is 11.8 Å². The van der Waals surface area contributed by atoms with Crippen molar-refractivity contribution in [3.63, 3.8) is 0 Å². The first-order chi connectivity index (χ1) is 11.8. The van der Waals surface area contributed by atoms with Crippen LogP contribution < -0.4 is 9.47 Å². The van der Waals surface area contributed by atoms with Gasteiger partial charge in [-0.15, -0.1) is 0 Å². The van der Waals surface area contributed by atoms with Crippen LogP contribution >= 0.6 is 0 Å². The summed E-state index contributed by atoms with van der Waals surface area (Å²) in [5, 5.41) is 21.6. The third kappa shape index (κ3) is 1.67. The molecule has 2 heterocycles. The number of aromatic hydroxyl groups is 1. The molecule has 2 bridgehead atoms. The van der Waals surface area contributed by atoms with E-state index in [1.807, 2.05) is 6.07 Å². The average Bonchev–Trinajstić information content (AvgIpc) is 2.88. The molecule has 136 valence electrons. The summed E-state index contributed by atoms with van der Waals surface area (Å²) in [5.74, 6) is 1.69. The first-order valence-corrected chi connectivity index (χ1v) is 9.29. The van der Waals surface area contributed by atoms with Crippen molar-refractivity contribution in [3.8, 4) is 17.2 Å². The zero-order chi connectivity index (χ0) is 17.7. The van der Waals surface area contributed by atoms with E-state index in [0.717, 1.165) is 31.4 Å². The van der Waals surface area contributed by atoms with E-state index < -0.39 is 6.10 Å². The van der Waals surface area contributed by atoms with E-state index in [9.17, 15) is 10.2 Å². The fourth-order valence-corrected chi connectivity index (χ4v) is 6.35. The van der Waals surface area contributed by atoms with Crippen molar-refractivity contribution >= 4 is 0 Å². The van der Waals surface area contributed by atoms with Crippen LogP contribution in [0.3, 0.4) is 0 Å². The van der Waals surface area contributed by atoms with E-state index in [0.29, 0.717) is 23.5 Å². The van der Waals surface area contributed by atoms with Gasteiger partial charge in [-0.05, 0) is 55.8 Å². The number of likely N-dealkylation sites (tertiary alicyclic amines) is 1. The number of piperidine rings is 1. The van der Waals surface area contributed by atoms with Crippen LogP contribution in [0.2, 0.25) is 0 Å². The Balaban J connectivity index is 1.81. The number of rotatable bonds is 1. The van der Waals surface area contributed by atoms with Crippen molar-refractivity contribution in [1.82, 2.24) is 4.90 Å². The number of hydrogen-bond donors (Lipinski definition) is 2. The summed E-state index contributed by atoms with van der Waals surface area (Å²) in [5.41, 5.74) is 2.02. The molecule has 1 saturated carbocycles. The summed E-state index contributed by atoms with van der Waals surface area (Å²) in [7, 11) is 3.77. The Kier molecular flexibility index (Phi) is 2.92. The van der Waals surface area contributed by atoms with Gasteiger partial charge < -0.3 is 24.6 Å². The van der Waals surface area contributed by atoms with E-state index in [2.05, 4.69) is 25.8 Å². The van der Waals surface area contributed by atoms with Crippen LogP contribution in [0.25, 0.3) is 0 Å². The molecule has 5 heteroatoms. The van der Waals surface area contributed by atoms with E-state index in [4.69, 9.17) is 9.47 Å². The highest BCUT2D eigenvalue weighted by molar-refractivity contribution is 5.66. The van der Waals surface area contributed by atoms with Crippen LogP contribution in [0.4, 0.5) is 0 Å². The predicted octanol–water partition coefficient (Wildman–Crippen LogP) is 2.07. The lowest BCUT2D eigenvalue weighted by atomic mass is 9.47. The standard InChI is InChI=1S/C20H27NO4/c1-19(2)9-11-12-7-10-8-13(22)15(24-4)16-14(10)20(11,5-6-21(12)3)18(25-16)17(19)23/h8,11-12,17-18,22-23H,5-7,9H2,1-4H3/t11-,12+,17?,18?,20-/m0/s1. The zero-order valence-corrected chi connectivity index (χ0v) is 15.4. The summed E-state index contributed by atoms with van der Waals surface area (Å²) >= 11 is 0. The molecule has 2 unspecified atom stereocenters. The van der Waals surface area contributed by atoms with Gasteiger partial charge >= 0.3 is 0 Å². The van der Waals surface area contributed by atoms with Crippen molar-refractivity contribution < 1.29 is 19.7 Å². The molecule has 2 N–H and O–H groups in total. The lowest BCUT2D eigenvalue weighted by Gasteiger charge is -2.61. The molecule has 5 nitrogen and oxygen atoms in total. The molecule has 1 saturated heterocycles. The molecule has 2 fully saturated rings. The number of phenolic OH excluding ortho intramolecular Hbond substituents is 1. The maximum Gasteiger partial charge on any atom is 0.203 e. The van der Waals surface area contributed by atoms with Gasteiger partial charge in [0.2, 0.25) is 5.75 Å². The molecule has 0 amide bonds. The number of aliphatic hydroxyl groups excluding tert-OH is 1. The minimum Gasteiger partial charge on any atom is -0.504 e. The Morgan fingerprint density at radius 1 is 1.36 bits per heavy atom. The van der Waals surface area contributed by atoms with Crippen molar-refractivity contribution in [2.24, 2.45) is 11.3 Å². The van der Waals surface area contributed by atoms with Gasteiger partial charge in [-0.3, -0.25) is 0 Å². The monoisotopic (exact) mass is 345 g/mol. The van der Waals surface area contributed by atoms with Crippen molar-refractivity contribution in [1.29, 1.82) is 0 Å². The first-order valence-electron chi connectivity index (χ1n) is 9.29. The molecule has 1 aromatic rings. The number of aliphatic hydroxyl groups is 1. The predicted molar refractivity (Wildman–Crippen MR) is 93.4 cm³/mol. The molecule has 4 aliphatic rings. The summed E-state index contributed by atoms with van der Waals surface area (Å²) in [6.07, 6.45) is 2.10. The number of benzene rings is 1. The van der Waals surface area contributed by atoms with E-state index in [-0.39, 0.29) is 22.7 Å². The van der Waals surface area contributed by atoms with Crippen LogP contribution in [0, 0.1) is 11.3 Å². The van der Waals surface area contributed by atoms with E-state index in [1.54, 1.807) is 7.11 Å². The van der Waals surface area contributed by atoms with Crippen molar-refractivity contribution in [3.05, 3.63) is 17.2 Å². The average molecular weight is 345 g/mol. The number of phenols is 1. The third-order valence-corrected chi connectivity index (χ3v) is 7.55. The highest BCUT2D eigenvalue weighted by Gasteiger charge is 2.68. The number of nitrogens with zero attached hydrogens (tertiary/aromatic N) is 1. The Morgan fingerprint density at radius 3 is 2.84 bits per heavy atom. The highest BCUT2D eigenvalue weighted by atomic mass is 16.5. The summed E-state index contributed by atoms with van der Waals surface area (Å²) in [6.45, 7) is 5.31. The second-order valence-corrected chi connectivity index (χ2v) is 9.12. The molecule has 5 rings (SSSR count). The minimum absolute atomic E-state index is 0.138. The van der Waals surface area contributed by atoms with E-state index >= 15 is 0 Å². The fraction of sp³-hybridized carbons (Fsp3) is 0.700. The molecular formula is C20H27NO4. The first kappa shape index (κ1) is 15.8. The Hall–Kier alpha value is -1.46. The summed E-state index contributed by atoms with van der Waals surface area (Å²) < 4.78 is 11.9. The second kappa shape index (κ2) is 4.63. The lowest BCUT2D eigenvalue weighted by molar-refractivity contribution is -0.153. The zero-order valence-electron chi connectivity index (χ0n) is 15.4. The topological polar surface area (TPSA) is 62.2 Å². The maximum atomic E-state index is 11.2. The normalized spacial score (nSPS) is 40.4. The number of likely N-dealkylation sites (N-methyl/N-ethyl adjacent to an activating group) is 1. The van der Waals surface area contributed by atoms with Crippen LogP contribution in [0.5, 0.6) is 17.2 Å². The molecule has 0 aromatic heterocycles. The molecule has 1 spiro atoms. The molecule has 25 heavy (non-hydrogen) atoms. The largest absolute Gasteiger partial charge is 0.504 e. The summed E-state index contributed by atoms with van der Waals surface area (Å²) in [4.78, 5) is 2.46. The summed E-state index contributed by atoms with van der Waals surface area (Å²) in [6, 6.07) is 2.29. The van der Waals surface area contributed by atoms with Crippen LogP contribution in [-0.4, -0.2) is 54.1 Å². The molecule has 2 aliphatic heterocycles. The van der Waals surface area contributed by atoms with Gasteiger partial charge in [0.1, 0.15) is 6.10 Å². The van der Waals surface area contributed by atoms with Gasteiger partial charge in [0, 0.05) is 17.0 Å². The quantitative estimate of drug-likeness (QED) is 0.816. The van der Waals surface area contributed by atoms with Gasteiger partial charge in [-0.2, -0.15) is 0 Å². The smallest absolute Gasteiger partial charge is 0.203 e. The third-order valence-electron chi connectivity index (χ3n) is 7.55. The Bertz CT molecular complexity index is 761. The van der Waals surface area contributed by atoms with Crippen LogP contribution in [0.15, 0.2) is 6.07 Å². The van der Waals surface area contributed by atoms with Crippen LogP contribution in [0.1, 0.15) is 37.8 Å². The molecule has 5 atom stereocenters. The Morgan fingerprint density at radius 2 is 2.12 bits per heavy atom. The van der Waals surface area contributed by atoms with E-state index in [1.165, 1.54) is 5.56 Å². The fourth-order valence-electron chi connectivity index (χ4n) is 6.35. The van der Waals surface area contributed by atoms with Crippen molar-refractivity contribution in [2.75, 3.05) is 20.7 Å². The molecule has 0 radical (unpaired) electrons. The van der Waals surface area contributed by atoms with Gasteiger partial charge in [0.15, 0.2) is 11.5 Å². The number of methoxy groups -OCH3 is 1. The molecule has 1 aromatic carbocycles. The number of ether oxygens (including phenoxy) is 2. The van der Waals surface area contributed by atoms with Crippen molar-refractivity contribution in [2.45, 2.75) is 56.8 Å². The van der Waals surface area contributed by atoms with Gasteiger partial charge in [-0.25, -0.2) is 0 Å². The lowest BCUT2D eigenvalue weighted by Crippen LogP contribution is -2.69. The Labute approximate surface area is 148 Å². The van der Waals surface area contributed by atoms with Gasteiger partial charge in [0.05, 0.1) is 13.2 Å². The van der Waals surface area contributed by atoms with Gasteiger partial charge in [0.25, 0.3) is 0 Å². The molecular weight excluding hydrogens is 318 g/mol. The highest BCUT2D eigenvalue weighted by Crippen LogP contribution is 2.67. The second-order valence-electron chi connectivity index (χ2n) is 9.12. The number of hydrogen-bond acceptors (Lipinski definition) is 5. The maximum absolute atomic E-state index is 11.2. The SMILES string of the molecule is COc1c(O)cc2c3c1OC1C(O)C(C)(C)C[C@H]4[C@@H](C2)N(C)CC[C@]314. The minimum atomic E-state index is -0.530. The van der Waals surface area contributed by atoms with Gasteiger partial charge in [-0.1, -0.05) is 13.8 Å².